The van der Waals surface area contributed by atoms with E-state index in [1.54, 1.807) is 6.92 Å². The van der Waals surface area contributed by atoms with Crippen molar-refractivity contribution in [2.24, 2.45) is 0 Å². The summed E-state index contributed by atoms with van der Waals surface area (Å²) in [5, 5.41) is 6.17. The molecule has 0 heterocycles. The molecule has 0 aliphatic heterocycles. The molecule has 0 saturated heterocycles. The van der Waals surface area contributed by atoms with Gasteiger partial charge in [-0.2, -0.15) is 0 Å². The monoisotopic (exact) mass is 385 g/mol. The third-order valence-corrected chi connectivity index (χ3v) is 5.18. The number of hydrogen-bond acceptors (Lipinski definition) is 5. The van der Waals surface area contributed by atoms with Gasteiger partial charge in [0.1, 0.15) is 0 Å². The summed E-state index contributed by atoms with van der Waals surface area (Å²) in [7, 11) is -3.45. The van der Waals surface area contributed by atoms with Crippen LogP contribution in [0.5, 0.6) is 0 Å². The fourth-order valence-corrected chi connectivity index (χ4v) is 3.42. The largest absolute Gasteiger partial charge is 0.381 e. The van der Waals surface area contributed by atoms with Crippen LogP contribution in [0.25, 0.3) is 0 Å². The van der Waals surface area contributed by atoms with Crippen LogP contribution in [-0.4, -0.2) is 59.0 Å². The van der Waals surface area contributed by atoms with Crippen LogP contribution in [0.15, 0.2) is 0 Å². The topological polar surface area (TPSA) is 96.5 Å². The molecule has 7 nitrogen and oxygen atoms in total. The summed E-state index contributed by atoms with van der Waals surface area (Å²) in [5.74, 6) is -0.440. The van der Waals surface area contributed by atoms with E-state index >= 15 is 0 Å². The van der Waals surface area contributed by atoms with Gasteiger partial charge in [-0.05, 0) is 19.8 Å². The molecule has 0 spiro atoms. The first-order valence-corrected chi connectivity index (χ1v) is 10.2. The second-order valence-corrected chi connectivity index (χ2v) is 7.76. The molecule has 1 aliphatic carbocycles. The van der Waals surface area contributed by atoms with Gasteiger partial charge in [-0.25, -0.2) is 13.1 Å². The van der Waals surface area contributed by atoms with E-state index in [4.69, 9.17) is 4.74 Å². The van der Waals surface area contributed by atoms with Crippen LogP contribution in [0.4, 0.5) is 0 Å². The zero-order valence-corrected chi connectivity index (χ0v) is 16.1. The summed E-state index contributed by atoms with van der Waals surface area (Å²) in [6.07, 6.45) is 7.58. The zero-order valence-electron chi connectivity index (χ0n) is 14.5. The highest BCUT2D eigenvalue weighted by Gasteiger charge is 2.13. The highest BCUT2D eigenvalue weighted by molar-refractivity contribution is 7.89. The maximum absolute atomic E-state index is 11.6. The lowest BCUT2D eigenvalue weighted by Crippen LogP contribution is -2.42. The van der Waals surface area contributed by atoms with Crippen molar-refractivity contribution in [2.75, 3.05) is 38.6 Å². The Morgan fingerprint density at radius 1 is 1.12 bits per heavy atom. The Morgan fingerprint density at radius 3 is 2.42 bits per heavy atom. The Bertz CT molecular complexity index is 426. The Morgan fingerprint density at radius 2 is 1.79 bits per heavy atom. The Kier molecular flexibility index (Phi) is 13.6. The summed E-state index contributed by atoms with van der Waals surface area (Å²) in [6.45, 7) is 3.42. The molecule has 0 aromatic heterocycles. The fourth-order valence-electron chi connectivity index (χ4n) is 2.58. The van der Waals surface area contributed by atoms with Crippen molar-refractivity contribution in [2.45, 2.75) is 51.5 Å². The van der Waals surface area contributed by atoms with E-state index in [1.807, 2.05) is 0 Å². The average Bonchev–Trinajstić information content (AvgIpc) is 2.78. The molecule has 9 heteroatoms. The SMILES string of the molecule is CCOCCS(=O)(=O)NCC(=O)NCCNC1CCCCCC1.Cl. The van der Waals surface area contributed by atoms with Crippen LogP contribution >= 0.6 is 12.4 Å². The average molecular weight is 386 g/mol. The lowest BCUT2D eigenvalue weighted by Gasteiger charge is -2.16. The highest BCUT2D eigenvalue weighted by atomic mass is 35.5. The normalized spacial score (nSPS) is 16.2. The van der Waals surface area contributed by atoms with E-state index in [-0.39, 0.29) is 37.2 Å². The van der Waals surface area contributed by atoms with Crippen molar-refractivity contribution < 1.29 is 17.9 Å². The molecule has 0 radical (unpaired) electrons. The quantitative estimate of drug-likeness (QED) is 0.361. The molecule has 1 amide bonds. The predicted octanol–water partition coefficient (Wildman–Crippen LogP) is 0.793. The molecule has 0 aromatic rings. The van der Waals surface area contributed by atoms with Crippen LogP contribution in [0.2, 0.25) is 0 Å². The van der Waals surface area contributed by atoms with Crippen molar-refractivity contribution in [3.05, 3.63) is 0 Å². The summed E-state index contributed by atoms with van der Waals surface area (Å²) in [6, 6.07) is 0.548. The molecule has 0 unspecified atom stereocenters. The number of carbonyl (C=O) groups excluding carboxylic acids is 1. The van der Waals surface area contributed by atoms with Gasteiger partial charge in [0.2, 0.25) is 15.9 Å². The van der Waals surface area contributed by atoms with Gasteiger partial charge >= 0.3 is 0 Å². The molecule has 1 fully saturated rings. The molecular formula is C15H32ClN3O4S. The number of hydrogen-bond donors (Lipinski definition) is 3. The summed E-state index contributed by atoms with van der Waals surface area (Å²) >= 11 is 0. The maximum atomic E-state index is 11.6. The Labute approximate surface area is 152 Å². The second-order valence-electron chi connectivity index (χ2n) is 5.83. The van der Waals surface area contributed by atoms with E-state index in [1.165, 1.54) is 38.5 Å². The lowest BCUT2D eigenvalue weighted by atomic mass is 10.1. The number of halogens is 1. The molecule has 1 saturated carbocycles. The molecule has 0 atom stereocenters. The highest BCUT2D eigenvalue weighted by Crippen LogP contribution is 2.16. The predicted molar refractivity (Wildman–Crippen MR) is 98.0 cm³/mol. The fraction of sp³-hybridized carbons (Fsp3) is 0.933. The first-order valence-electron chi connectivity index (χ1n) is 8.58. The molecule has 1 rings (SSSR count). The molecule has 1 aliphatic rings. The molecular weight excluding hydrogens is 354 g/mol. The number of amides is 1. The number of ether oxygens (including phenoxy) is 1. The van der Waals surface area contributed by atoms with Gasteiger partial charge in [-0.15, -0.1) is 12.4 Å². The molecule has 3 N–H and O–H groups in total. The standard InChI is InChI=1S/C15H31N3O4S.ClH/c1-2-22-11-12-23(20,21)18-13-15(19)17-10-9-16-14-7-5-3-4-6-8-14;/h14,16,18H,2-13H2,1H3,(H,17,19);1H. The van der Waals surface area contributed by atoms with E-state index < -0.39 is 10.0 Å². The van der Waals surface area contributed by atoms with Gasteiger partial charge in [0, 0.05) is 25.7 Å². The lowest BCUT2D eigenvalue weighted by molar-refractivity contribution is -0.119. The summed E-state index contributed by atoms with van der Waals surface area (Å²) < 4.78 is 30.5. The van der Waals surface area contributed by atoms with Crippen LogP contribution in [0.3, 0.4) is 0 Å². The van der Waals surface area contributed by atoms with Gasteiger partial charge in [0.05, 0.1) is 18.9 Å². The van der Waals surface area contributed by atoms with Gasteiger partial charge in [-0.1, -0.05) is 25.7 Å². The van der Waals surface area contributed by atoms with E-state index in [9.17, 15) is 13.2 Å². The van der Waals surface area contributed by atoms with Gasteiger partial charge < -0.3 is 15.4 Å². The molecule has 144 valence electrons. The van der Waals surface area contributed by atoms with E-state index in [2.05, 4.69) is 15.4 Å². The maximum Gasteiger partial charge on any atom is 0.235 e. The summed E-state index contributed by atoms with van der Waals surface area (Å²) in [4.78, 5) is 11.6. The van der Waals surface area contributed by atoms with Gasteiger partial charge in [-0.3, -0.25) is 4.79 Å². The number of carbonyl (C=O) groups is 1. The van der Waals surface area contributed by atoms with Crippen molar-refractivity contribution in [1.29, 1.82) is 0 Å². The smallest absolute Gasteiger partial charge is 0.235 e. The van der Waals surface area contributed by atoms with Crippen LogP contribution < -0.4 is 15.4 Å². The van der Waals surface area contributed by atoms with Crippen LogP contribution in [0, 0.1) is 0 Å². The molecule has 0 aromatic carbocycles. The van der Waals surface area contributed by atoms with E-state index in [0.29, 0.717) is 25.7 Å². The third kappa shape index (κ3) is 12.0. The Hall–Kier alpha value is -0.410. The zero-order chi connectivity index (χ0) is 17.0. The minimum Gasteiger partial charge on any atom is -0.381 e. The van der Waals surface area contributed by atoms with Crippen molar-refractivity contribution in [3.63, 3.8) is 0 Å². The van der Waals surface area contributed by atoms with Crippen LogP contribution in [-0.2, 0) is 19.6 Å². The van der Waals surface area contributed by atoms with Crippen molar-refractivity contribution >= 4 is 28.3 Å². The Balaban J connectivity index is 0.00000529. The van der Waals surface area contributed by atoms with Gasteiger partial charge in [0.25, 0.3) is 0 Å². The van der Waals surface area contributed by atoms with Crippen LogP contribution in [0.1, 0.15) is 45.4 Å². The first-order chi connectivity index (χ1) is 11.0. The van der Waals surface area contributed by atoms with E-state index in [0.717, 1.165) is 0 Å². The minimum absolute atomic E-state index is 0. The first kappa shape index (κ1) is 23.6. The van der Waals surface area contributed by atoms with Gasteiger partial charge in [0.15, 0.2) is 0 Å². The van der Waals surface area contributed by atoms with Crippen molar-refractivity contribution in [1.82, 2.24) is 15.4 Å². The number of rotatable bonds is 11. The summed E-state index contributed by atoms with van der Waals surface area (Å²) in [5.41, 5.74) is 0. The number of nitrogens with one attached hydrogen (secondary N) is 3. The number of sulfonamides is 1. The minimum atomic E-state index is -3.45. The molecule has 0 bridgehead atoms. The second kappa shape index (κ2) is 13.8. The third-order valence-electron chi connectivity index (χ3n) is 3.89. The molecule has 24 heavy (non-hydrogen) atoms. The van der Waals surface area contributed by atoms with Crippen molar-refractivity contribution in [3.8, 4) is 0 Å².